The van der Waals surface area contributed by atoms with Gasteiger partial charge in [-0.3, -0.25) is 0 Å². The van der Waals surface area contributed by atoms with E-state index in [9.17, 15) is 8.42 Å². The van der Waals surface area contributed by atoms with Crippen molar-refractivity contribution in [2.75, 3.05) is 6.61 Å². The molecule has 0 spiro atoms. The molecule has 172 valence electrons. The topological polar surface area (TPSA) is 52.6 Å². The maximum atomic E-state index is 14.0. The van der Waals surface area contributed by atoms with Crippen LogP contribution in [0.5, 0.6) is 5.75 Å². The number of benzene rings is 3. The Morgan fingerprint density at radius 2 is 1.61 bits per heavy atom. The summed E-state index contributed by atoms with van der Waals surface area (Å²) in [6, 6.07) is 18.8. The molecule has 33 heavy (non-hydrogen) atoms. The van der Waals surface area contributed by atoms with Crippen LogP contribution in [0.25, 0.3) is 5.76 Å². The van der Waals surface area contributed by atoms with Crippen LogP contribution < -0.4 is 4.74 Å². The first-order valence-corrected chi connectivity index (χ1v) is 13.0. The van der Waals surface area contributed by atoms with E-state index in [1.54, 1.807) is 66.7 Å². The van der Waals surface area contributed by atoms with Crippen LogP contribution in [0.15, 0.2) is 76.5 Å². The fourth-order valence-corrected chi connectivity index (χ4v) is 5.57. The Labute approximate surface area is 204 Å². The van der Waals surface area contributed by atoms with Gasteiger partial charge in [-0.2, -0.15) is 0 Å². The van der Waals surface area contributed by atoms with E-state index >= 15 is 0 Å². The van der Waals surface area contributed by atoms with Crippen LogP contribution in [0.2, 0.25) is 10.0 Å². The molecular weight excluding hydrogens is 479 g/mol. The van der Waals surface area contributed by atoms with Gasteiger partial charge in [0.2, 0.25) is 9.84 Å². The van der Waals surface area contributed by atoms with Gasteiger partial charge in [0.05, 0.1) is 17.1 Å². The van der Waals surface area contributed by atoms with Gasteiger partial charge >= 0.3 is 0 Å². The lowest BCUT2D eigenvalue weighted by atomic mass is 10.0. The lowest BCUT2D eigenvalue weighted by Gasteiger charge is -2.31. The first kappa shape index (κ1) is 23.7. The zero-order valence-corrected chi connectivity index (χ0v) is 20.7. The van der Waals surface area contributed by atoms with Crippen LogP contribution in [0, 0.1) is 6.92 Å². The Balaban J connectivity index is 1.99. The summed E-state index contributed by atoms with van der Waals surface area (Å²) < 4.78 is 40.5. The Bertz CT molecular complexity index is 1280. The molecule has 0 bridgehead atoms. The SMILES string of the molecule is CCCCOC1=C(S(=O)(=O)c2ccc(C)cc2)C(c2ccc(Cl)cc2)Oc2ccc(Cl)cc21. The van der Waals surface area contributed by atoms with E-state index in [2.05, 4.69) is 0 Å². The normalized spacial score (nSPS) is 15.7. The zero-order chi connectivity index (χ0) is 23.6. The number of fused-ring (bicyclic) bond motifs is 1. The van der Waals surface area contributed by atoms with Crippen molar-refractivity contribution in [3.63, 3.8) is 0 Å². The molecular formula is C26H24Cl2O4S. The molecule has 0 aromatic heterocycles. The fraction of sp³-hybridized carbons (Fsp3) is 0.231. The molecule has 1 unspecified atom stereocenters. The molecule has 1 aliphatic heterocycles. The van der Waals surface area contributed by atoms with Crippen molar-refractivity contribution >= 4 is 38.8 Å². The van der Waals surface area contributed by atoms with E-state index in [-0.39, 0.29) is 15.6 Å². The van der Waals surface area contributed by atoms with E-state index in [1.807, 2.05) is 13.8 Å². The van der Waals surface area contributed by atoms with E-state index < -0.39 is 15.9 Å². The molecule has 0 fully saturated rings. The summed E-state index contributed by atoms with van der Waals surface area (Å²) in [6.07, 6.45) is 0.787. The Kier molecular flexibility index (Phi) is 7.03. The van der Waals surface area contributed by atoms with Gasteiger partial charge < -0.3 is 9.47 Å². The van der Waals surface area contributed by atoms with Crippen molar-refractivity contribution in [2.24, 2.45) is 0 Å². The molecule has 4 nitrogen and oxygen atoms in total. The van der Waals surface area contributed by atoms with Crippen molar-refractivity contribution < 1.29 is 17.9 Å². The maximum Gasteiger partial charge on any atom is 0.210 e. The minimum atomic E-state index is -3.97. The number of ether oxygens (including phenoxy) is 2. The van der Waals surface area contributed by atoms with Crippen molar-refractivity contribution in [1.29, 1.82) is 0 Å². The van der Waals surface area contributed by atoms with Gasteiger partial charge in [-0.05, 0) is 61.4 Å². The van der Waals surface area contributed by atoms with E-state index in [0.29, 0.717) is 33.5 Å². The molecule has 0 saturated heterocycles. The molecule has 4 rings (SSSR count). The number of hydrogen-bond donors (Lipinski definition) is 0. The van der Waals surface area contributed by atoms with Gasteiger partial charge in [-0.15, -0.1) is 0 Å². The third-order valence-electron chi connectivity index (χ3n) is 5.43. The second-order valence-electron chi connectivity index (χ2n) is 7.90. The summed E-state index contributed by atoms with van der Waals surface area (Å²) in [5.41, 5.74) is 2.14. The van der Waals surface area contributed by atoms with Crippen LogP contribution in [-0.4, -0.2) is 15.0 Å². The standard InChI is InChI=1S/C26H24Cl2O4S/c1-3-4-15-31-25-22-16-20(28)11-14-23(22)32-24(18-7-9-19(27)10-8-18)26(25)33(29,30)21-12-5-17(2)6-13-21/h5-14,16,24H,3-4,15H2,1-2H3. The molecule has 7 heteroatoms. The highest BCUT2D eigenvalue weighted by Gasteiger charge is 2.40. The van der Waals surface area contributed by atoms with Crippen LogP contribution >= 0.6 is 23.2 Å². The van der Waals surface area contributed by atoms with Gasteiger partial charge in [0.15, 0.2) is 6.10 Å². The van der Waals surface area contributed by atoms with Crippen LogP contribution in [0.1, 0.15) is 42.6 Å². The van der Waals surface area contributed by atoms with Crippen LogP contribution in [-0.2, 0) is 14.6 Å². The maximum absolute atomic E-state index is 14.0. The third-order valence-corrected chi connectivity index (χ3v) is 7.79. The average molecular weight is 503 g/mol. The summed E-state index contributed by atoms with van der Waals surface area (Å²) >= 11 is 12.4. The number of hydrogen-bond acceptors (Lipinski definition) is 4. The molecule has 1 heterocycles. The average Bonchev–Trinajstić information content (AvgIpc) is 2.79. The van der Waals surface area contributed by atoms with Crippen molar-refractivity contribution in [1.82, 2.24) is 0 Å². The highest BCUT2D eigenvalue weighted by atomic mass is 35.5. The number of sulfone groups is 1. The fourth-order valence-electron chi connectivity index (χ4n) is 3.65. The molecule has 3 aromatic rings. The number of halogens is 2. The van der Waals surface area contributed by atoms with Crippen molar-refractivity contribution in [2.45, 2.75) is 37.7 Å². The summed E-state index contributed by atoms with van der Waals surface area (Å²) in [7, 11) is -3.97. The first-order chi connectivity index (χ1) is 15.8. The van der Waals surface area contributed by atoms with Crippen LogP contribution in [0.3, 0.4) is 0 Å². The number of rotatable bonds is 7. The number of aryl methyl sites for hydroxylation is 1. The second-order valence-corrected chi connectivity index (χ2v) is 10.7. The molecule has 0 N–H and O–H groups in total. The van der Waals surface area contributed by atoms with Gasteiger partial charge in [-0.25, -0.2) is 8.42 Å². The number of unbranched alkanes of at least 4 members (excludes halogenated alkanes) is 1. The Morgan fingerprint density at radius 3 is 2.27 bits per heavy atom. The monoisotopic (exact) mass is 502 g/mol. The van der Waals surface area contributed by atoms with Crippen LogP contribution in [0.4, 0.5) is 0 Å². The van der Waals surface area contributed by atoms with Gasteiger partial charge in [0.1, 0.15) is 16.4 Å². The lowest BCUT2D eigenvalue weighted by molar-refractivity contribution is 0.216. The molecule has 1 atom stereocenters. The lowest BCUT2D eigenvalue weighted by Crippen LogP contribution is -2.24. The Hall–Kier alpha value is -2.47. The van der Waals surface area contributed by atoms with E-state index in [1.165, 1.54) is 0 Å². The Morgan fingerprint density at radius 1 is 0.939 bits per heavy atom. The second kappa shape index (κ2) is 9.80. The molecule has 3 aromatic carbocycles. The third kappa shape index (κ3) is 4.91. The molecule has 0 aliphatic carbocycles. The van der Waals surface area contributed by atoms with E-state index in [4.69, 9.17) is 32.7 Å². The van der Waals surface area contributed by atoms with Crippen molar-refractivity contribution in [3.8, 4) is 5.75 Å². The summed E-state index contributed by atoms with van der Waals surface area (Å²) in [4.78, 5) is 0.229. The predicted molar refractivity (Wildman–Crippen MR) is 132 cm³/mol. The largest absolute Gasteiger partial charge is 0.492 e. The van der Waals surface area contributed by atoms with Gasteiger partial charge in [-0.1, -0.05) is 66.4 Å². The summed E-state index contributed by atoms with van der Waals surface area (Å²) in [6.45, 7) is 4.33. The quantitative estimate of drug-likeness (QED) is 0.316. The predicted octanol–water partition coefficient (Wildman–Crippen LogP) is 7.39. The van der Waals surface area contributed by atoms with Gasteiger partial charge in [0.25, 0.3) is 0 Å². The first-order valence-electron chi connectivity index (χ1n) is 10.7. The smallest absolute Gasteiger partial charge is 0.210 e. The van der Waals surface area contributed by atoms with Gasteiger partial charge in [0, 0.05) is 10.0 Å². The summed E-state index contributed by atoms with van der Waals surface area (Å²) in [5.74, 6) is 0.779. The van der Waals surface area contributed by atoms with E-state index in [0.717, 1.165) is 18.4 Å². The highest BCUT2D eigenvalue weighted by molar-refractivity contribution is 7.95. The molecule has 1 aliphatic rings. The zero-order valence-electron chi connectivity index (χ0n) is 18.3. The minimum Gasteiger partial charge on any atom is -0.492 e. The minimum absolute atomic E-state index is 0.0551. The molecule has 0 radical (unpaired) electrons. The van der Waals surface area contributed by atoms with Crippen molar-refractivity contribution in [3.05, 3.63) is 98.4 Å². The highest BCUT2D eigenvalue weighted by Crippen LogP contribution is 2.47. The summed E-state index contributed by atoms with van der Waals surface area (Å²) in [5, 5.41) is 1.01. The molecule has 0 amide bonds. The molecule has 0 saturated carbocycles.